The van der Waals surface area contributed by atoms with E-state index >= 15 is 0 Å². The van der Waals surface area contributed by atoms with Crippen molar-refractivity contribution in [1.29, 1.82) is 0 Å². The maximum absolute atomic E-state index is 11.8. The van der Waals surface area contributed by atoms with E-state index < -0.39 is 0 Å². The highest BCUT2D eigenvalue weighted by Gasteiger charge is 2.12. The molecule has 0 atom stereocenters. The largest absolute Gasteiger partial charge is 0.347 e. The molecule has 1 rings (SSSR count). The minimum absolute atomic E-state index is 0.00617. The fourth-order valence-electron chi connectivity index (χ4n) is 1.23. The molecule has 1 N–H and O–H groups in total. The fourth-order valence-corrected chi connectivity index (χ4v) is 1.68. The SMILES string of the molecule is Cc1cccc(C(=O)NCC(=O)N(C)C)c1Br. The Morgan fingerprint density at radius 1 is 1.35 bits per heavy atom. The average Bonchev–Trinajstić information content (AvgIpc) is 2.29. The third-order valence-corrected chi connectivity index (χ3v) is 3.39. The molecule has 0 aliphatic rings. The van der Waals surface area contributed by atoms with E-state index in [2.05, 4.69) is 21.2 Å². The van der Waals surface area contributed by atoms with Crippen molar-refractivity contribution in [2.45, 2.75) is 6.92 Å². The van der Waals surface area contributed by atoms with Crippen molar-refractivity contribution in [1.82, 2.24) is 10.2 Å². The number of likely N-dealkylation sites (N-methyl/N-ethyl adjacent to an activating group) is 1. The second kappa shape index (κ2) is 5.82. The monoisotopic (exact) mass is 298 g/mol. The predicted molar refractivity (Wildman–Crippen MR) is 69.9 cm³/mol. The van der Waals surface area contributed by atoms with Crippen LogP contribution >= 0.6 is 15.9 Å². The van der Waals surface area contributed by atoms with Crippen LogP contribution in [-0.2, 0) is 4.79 Å². The third-order valence-electron chi connectivity index (χ3n) is 2.34. The first-order chi connectivity index (χ1) is 7.93. The van der Waals surface area contributed by atoms with Gasteiger partial charge in [0.15, 0.2) is 0 Å². The zero-order chi connectivity index (χ0) is 13.0. The van der Waals surface area contributed by atoms with E-state index in [-0.39, 0.29) is 18.4 Å². The molecule has 0 aliphatic heterocycles. The molecular formula is C12H15BrN2O2. The molecule has 92 valence electrons. The molecule has 0 heterocycles. The van der Waals surface area contributed by atoms with Gasteiger partial charge in [-0.05, 0) is 34.5 Å². The van der Waals surface area contributed by atoms with Gasteiger partial charge in [0, 0.05) is 18.6 Å². The first-order valence-electron chi connectivity index (χ1n) is 5.17. The smallest absolute Gasteiger partial charge is 0.252 e. The molecule has 0 aromatic heterocycles. The van der Waals surface area contributed by atoms with E-state index in [1.165, 1.54) is 4.90 Å². The van der Waals surface area contributed by atoms with Gasteiger partial charge in [-0.2, -0.15) is 0 Å². The van der Waals surface area contributed by atoms with Crippen LogP contribution < -0.4 is 5.32 Å². The van der Waals surface area contributed by atoms with Crippen LogP contribution in [0.1, 0.15) is 15.9 Å². The molecule has 2 amide bonds. The van der Waals surface area contributed by atoms with Crippen molar-refractivity contribution < 1.29 is 9.59 Å². The Kier molecular flexibility index (Phi) is 4.69. The van der Waals surface area contributed by atoms with Crippen LogP contribution in [-0.4, -0.2) is 37.4 Å². The Morgan fingerprint density at radius 3 is 2.59 bits per heavy atom. The van der Waals surface area contributed by atoms with Crippen LogP contribution in [0.3, 0.4) is 0 Å². The summed E-state index contributed by atoms with van der Waals surface area (Å²) in [4.78, 5) is 24.6. The maximum atomic E-state index is 11.8. The van der Waals surface area contributed by atoms with Gasteiger partial charge in [0.05, 0.1) is 12.1 Å². The van der Waals surface area contributed by atoms with Gasteiger partial charge in [0.1, 0.15) is 0 Å². The van der Waals surface area contributed by atoms with Gasteiger partial charge in [-0.1, -0.05) is 12.1 Å². The van der Waals surface area contributed by atoms with E-state index in [0.717, 1.165) is 10.0 Å². The highest BCUT2D eigenvalue weighted by Crippen LogP contribution is 2.20. The third kappa shape index (κ3) is 3.56. The lowest BCUT2D eigenvalue weighted by atomic mass is 10.1. The first kappa shape index (κ1) is 13.7. The molecule has 0 unspecified atom stereocenters. The average molecular weight is 299 g/mol. The highest BCUT2D eigenvalue weighted by atomic mass is 79.9. The topological polar surface area (TPSA) is 49.4 Å². The van der Waals surface area contributed by atoms with Crippen LogP contribution in [0.5, 0.6) is 0 Å². The number of carbonyl (C=O) groups is 2. The summed E-state index contributed by atoms with van der Waals surface area (Å²) in [5, 5.41) is 2.59. The second-order valence-electron chi connectivity index (χ2n) is 3.91. The number of aryl methyl sites for hydroxylation is 1. The van der Waals surface area contributed by atoms with Crippen LogP contribution in [0.25, 0.3) is 0 Å². The molecule has 0 fully saturated rings. The summed E-state index contributed by atoms with van der Waals surface area (Å²) in [6, 6.07) is 5.43. The Labute approximate surface area is 109 Å². The normalized spacial score (nSPS) is 9.88. The van der Waals surface area contributed by atoms with E-state index in [1.54, 1.807) is 20.2 Å². The van der Waals surface area contributed by atoms with Crippen molar-refractivity contribution in [3.63, 3.8) is 0 Å². The number of hydrogen-bond donors (Lipinski definition) is 1. The van der Waals surface area contributed by atoms with Crippen molar-refractivity contribution in [3.8, 4) is 0 Å². The van der Waals surface area contributed by atoms with E-state index in [9.17, 15) is 9.59 Å². The van der Waals surface area contributed by atoms with Crippen LogP contribution in [0.2, 0.25) is 0 Å². The molecule has 0 saturated carbocycles. The molecule has 17 heavy (non-hydrogen) atoms. The van der Waals surface area contributed by atoms with Gasteiger partial charge in [0.2, 0.25) is 5.91 Å². The first-order valence-corrected chi connectivity index (χ1v) is 5.96. The fraction of sp³-hybridized carbons (Fsp3) is 0.333. The number of halogens is 1. The minimum atomic E-state index is -0.254. The summed E-state index contributed by atoms with van der Waals surface area (Å²) >= 11 is 3.36. The Balaban J connectivity index is 2.71. The minimum Gasteiger partial charge on any atom is -0.347 e. The Bertz CT molecular complexity index is 444. The maximum Gasteiger partial charge on any atom is 0.252 e. The van der Waals surface area contributed by atoms with Gasteiger partial charge in [-0.25, -0.2) is 0 Å². The van der Waals surface area contributed by atoms with E-state index in [4.69, 9.17) is 0 Å². The van der Waals surface area contributed by atoms with E-state index in [1.807, 2.05) is 19.1 Å². The number of rotatable bonds is 3. The zero-order valence-electron chi connectivity index (χ0n) is 10.1. The number of benzene rings is 1. The van der Waals surface area contributed by atoms with Gasteiger partial charge in [-0.3, -0.25) is 9.59 Å². The molecule has 1 aromatic rings. The van der Waals surface area contributed by atoms with Crippen LogP contribution in [0, 0.1) is 6.92 Å². The molecule has 0 aliphatic carbocycles. The van der Waals surface area contributed by atoms with E-state index in [0.29, 0.717) is 5.56 Å². The quantitative estimate of drug-likeness (QED) is 0.921. The molecule has 1 aromatic carbocycles. The summed E-state index contributed by atoms with van der Waals surface area (Å²) in [5.74, 6) is -0.391. The Hall–Kier alpha value is -1.36. The number of nitrogens with one attached hydrogen (secondary N) is 1. The lowest BCUT2D eigenvalue weighted by Gasteiger charge is -2.12. The summed E-state index contributed by atoms with van der Waals surface area (Å²) < 4.78 is 0.759. The Morgan fingerprint density at radius 2 is 2.00 bits per heavy atom. The summed E-state index contributed by atoms with van der Waals surface area (Å²) in [6.45, 7) is 1.91. The molecule has 0 bridgehead atoms. The molecule has 4 nitrogen and oxygen atoms in total. The van der Waals surface area contributed by atoms with Gasteiger partial charge >= 0.3 is 0 Å². The standard InChI is InChI=1S/C12H15BrN2O2/c1-8-5-4-6-9(11(8)13)12(17)14-7-10(16)15(2)3/h4-6H,7H2,1-3H3,(H,14,17). The van der Waals surface area contributed by atoms with Crippen LogP contribution in [0.4, 0.5) is 0 Å². The molecule has 0 spiro atoms. The predicted octanol–water partition coefficient (Wildman–Crippen LogP) is 1.58. The molecule has 0 radical (unpaired) electrons. The number of hydrogen-bond acceptors (Lipinski definition) is 2. The van der Waals surface area contributed by atoms with Gasteiger partial charge in [-0.15, -0.1) is 0 Å². The lowest BCUT2D eigenvalue weighted by Crippen LogP contribution is -2.36. The summed E-state index contributed by atoms with van der Waals surface area (Å²) in [6.07, 6.45) is 0. The van der Waals surface area contributed by atoms with Crippen molar-refractivity contribution in [2.75, 3.05) is 20.6 Å². The summed E-state index contributed by atoms with van der Waals surface area (Å²) in [5.41, 5.74) is 1.52. The van der Waals surface area contributed by atoms with Gasteiger partial charge in [0.25, 0.3) is 5.91 Å². The zero-order valence-corrected chi connectivity index (χ0v) is 11.7. The number of amides is 2. The van der Waals surface area contributed by atoms with Crippen LogP contribution in [0.15, 0.2) is 22.7 Å². The lowest BCUT2D eigenvalue weighted by molar-refractivity contribution is -0.127. The number of nitrogens with zero attached hydrogens (tertiary/aromatic N) is 1. The molecule has 0 saturated heterocycles. The molecular weight excluding hydrogens is 284 g/mol. The second-order valence-corrected chi connectivity index (χ2v) is 4.70. The highest BCUT2D eigenvalue weighted by molar-refractivity contribution is 9.10. The van der Waals surface area contributed by atoms with Crippen molar-refractivity contribution in [2.24, 2.45) is 0 Å². The summed E-state index contributed by atoms with van der Waals surface area (Å²) in [7, 11) is 3.30. The van der Waals surface area contributed by atoms with Crippen molar-refractivity contribution in [3.05, 3.63) is 33.8 Å². The number of carbonyl (C=O) groups excluding carboxylic acids is 2. The van der Waals surface area contributed by atoms with Gasteiger partial charge < -0.3 is 10.2 Å². The van der Waals surface area contributed by atoms with Crippen molar-refractivity contribution >= 4 is 27.7 Å². The molecule has 5 heteroatoms.